The van der Waals surface area contributed by atoms with Gasteiger partial charge >= 0.3 is 0 Å². The number of carbonyl (C=O) groups is 1. The number of carbonyl (C=O) groups excluding carboxylic acids is 1. The maximum absolute atomic E-state index is 12.1. The van der Waals surface area contributed by atoms with Crippen molar-refractivity contribution >= 4 is 5.91 Å². The summed E-state index contributed by atoms with van der Waals surface area (Å²) in [6.07, 6.45) is 1.73. The van der Waals surface area contributed by atoms with Crippen LogP contribution in [-0.2, 0) is 0 Å². The third-order valence-corrected chi connectivity index (χ3v) is 4.15. The Labute approximate surface area is 150 Å². The molecule has 0 radical (unpaired) electrons. The van der Waals surface area contributed by atoms with Gasteiger partial charge in [0.2, 0.25) is 0 Å². The van der Waals surface area contributed by atoms with E-state index in [2.05, 4.69) is 20.3 Å². The molecule has 3 aromatic rings. The van der Waals surface area contributed by atoms with E-state index in [1.54, 1.807) is 13.2 Å². The molecule has 0 aliphatic carbocycles. The van der Waals surface area contributed by atoms with E-state index in [9.17, 15) is 4.79 Å². The highest BCUT2D eigenvalue weighted by Crippen LogP contribution is 2.37. The molecule has 0 fully saturated rings. The zero-order valence-corrected chi connectivity index (χ0v) is 14.5. The van der Waals surface area contributed by atoms with Gasteiger partial charge in [0.05, 0.1) is 11.4 Å². The summed E-state index contributed by atoms with van der Waals surface area (Å²) in [5.74, 6) is 1.36. The Hall–Kier alpha value is -3.35. The number of benzene rings is 1. The molecule has 1 aliphatic rings. The summed E-state index contributed by atoms with van der Waals surface area (Å²) < 4.78 is 11.3. The lowest BCUT2D eigenvalue weighted by Gasteiger charge is -2.18. The number of nitrogens with one attached hydrogen (secondary N) is 2. The molecule has 1 aliphatic heterocycles. The quantitative estimate of drug-likeness (QED) is 0.758. The highest BCUT2D eigenvalue weighted by atomic mass is 16.6. The van der Waals surface area contributed by atoms with Gasteiger partial charge in [-0.3, -0.25) is 9.78 Å². The minimum absolute atomic E-state index is 0.252. The van der Waals surface area contributed by atoms with Crippen molar-refractivity contribution in [2.24, 2.45) is 0 Å². The first-order valence-electron chi connectivity index (χ1n) is 8.31. The largest absolute Gasteiger partial charge is 0.486 e. The van der Waals surface area contributed by atoms with Crippen LogP contribution in [0.5, 0.6) is 11.5 Å². The van der Waals surface area contributed by atoms with Crippen LogP contribution in [-0.4, -0.2) is 41.1 Å². The Morgan fingerprint density at radius 1 is 1.12 bits per heavy atom. The summed E-state index contributed by atoms with van der Waals surface area (Å²) in [6.45, 7) is 2.97. The number of hydrogen-bond donors (Lipinski definition) is 2. The molecule has 7 nitrogen and oxygen atoms in total. The molecule has 1 amide bonds. The van der Waals surface area contributed by atoms with Gasteiger partial charge in [-0.25, -0.2) is 4.98 Å². The fourth-order valence-electron chi connectivity index (χ4n) is 2.91. The zero-order valence-electron chi connectivity index (χ0n) is 14.5. The van der Waals surface area contributed by atoms with Crippen molar-refractivity contribution in [2.75, 3.05) is 20.3 Å². The number of H-pyrrole nitrogens is 1. The molecule has 0 unspecified atom stereocenters. The van der Waals surface area contributed by atoms with Crippen molar-refractivity contribution in [1.29, 1.82) is 0 Å². The first kappa shape index (κ1) is 16.1. The van der Waals surface area contributed by atoms with Crippen LogP contribution in [0.15, 0.2) is 36.5 Å². The fourth-order valence-corrected chi connectivity index (χ4v) is 2.91. The number of aromatic nitrogens is 3. The summed E-state index contributed by atoms with van der Waals surface area (Å²) in [6, 6.07) is 9.49. The minimum Gasteiger partial charge on any atom is -0.486 e. The van der Waals surface area contributed by atoms with Gasteiger partial charge in [0.15, 0.2) is 17.3 Å². The fraction of sp³-hybridized carbons (Fsp3) is 0.211. The molecule has 2 N–H and O–H groups in total. The molecule has 0 atom stereocenters. The maximum Gasteiger partial charge on any atom is 0.286 e. The average molecular weight is 350 g/mol. The van der Waals surface area contributed by atoms with Crippen molar-refractivity contribution < 1.29 is 14.3 Å². The molecule has 0 saturated heterocycles. The lowest BCUT2D eigenvalue weighted by molar-refractivity contribution is 0.0954. The monoisotopic (exact) mass is 350 g/mol. The topological polar surface area (TPSA) is 89.1 Å². The molecule has 3 heterocycles. The number of imidazole rings is 1. The lowest BCUT2D eigenvalue weighted by Crippen LogP contribution is -2.19. The van der Waals surface area contributed by atoms with Gasteiger partial charge in [0.25, 0.3) is 5.91 Å². The van der Waals surface area contributed by atoms with Gasteiger partial charge in [-0.05, 0) is 37.3 Å². The zero-order chi connectivity index (χ0) is 18.1. The molecule has 0 bridgehead atoms. The highest BCUT2D eigenvalue weighted by Gasteiger charge is 2.20. The van der Waals surface area contributed by atoms with Gasteiger partial charge in [0.1, 0.15) is 13.2 Å². The van der Waals surface area contributed by atoms with Crippen LogP contribution in [0.1, 0.15) is 16.3 Å². The summed E-state index contributed by atoms with van der Waals surface area (Å²) in [7, 11) is 1.57. The van der Waals surface area contributed by atoms with Crippen LogP contribution in [0.25, 0.3) is 22.5 Å². The maximum atomic E-state index is 12.1. The smallest absolute Gasteiger partial charge is 0.286 e. The van der Waals surface area contributed by atoms with Crippen molar-refractivity contribution in [3.05, 3.63) is 48.0 Å². The van der Waals surface area contributed by atoms with E-state index in [0.717, 1.165) is 22.5 Å². The molecule has 26 heavy (non-hydrogen) atoms. The molecule has 7 heteroatoms. The standard InChI is InChI=1S/C19H18N4O3/c1-11-9-13(5-6-21-11)17-16(22-18(23-17)19(24)20-2)12-3-4-14-15(10-12)26-8-7-25-14/h3-6,9-10H,7-8H2,1-2H3,(H,20,24)(H,22,23). The molecule has 1 aromatic carbocycles. The second-order valence-electron chi connectivity index (χ2n) is 5.93. The summed E-state index contributed by atoms with van der Waals surface area (Å²) >= 11 is 0. The Balaban J connectivity index is 1.86. The predicted octanol–water partition coefficient (Wildman–Crippen LogP) is 2.58. The highest BCUT2D eigenvalue weighted by molar-refractivity contribution is 5.93. The van der Waals surface area contributed by atoms with Gasteiger partial charge in [-0.2, -0.15) is 0 Å². The summed E-state index contributed by atoms with van der Waals surface area (Å²) in [5, 5.41) is 2.60. The number of aryl methyl sites for hydroxylation is 1. The molecule has 4 rings (SSSR count). The normalized spacial score (nSPS) is 12.7. The number of amides is 1. The Morgan fingerprint density at radius 3 is 2.69 bits per heavy atom. The van der Waals surface area contributed by atoms with E-state index in [-0.39, 0.29) is 11.7 Å². The lowest BCUT2D eigenvalue weighted by atomic mass is 10.0. The van der Waals surface area contributed by atoms with Crippen LogP contribution < -0.4 is 14.8 Å². The van der Waals surface area contributed by atoms with E-state index >= 15 is 0 Å². The molecule has 0 saturated carbocycles. The summed E-state index contributed by atoms with van der Waals surface area (Å²) in [4.78, 5) is 24.0. The number of rotatable bonds is 3. The number of hydrogen-bond acceptors (Lipinski definition) is 5. The number of ether oxygens (including phenoxy) is 2. The predicted molar refractivity (Wildman–Crippen MR) is 96.4 cm³/mol. The molecular formula is C19H18N4O3. The molecular weight excluding hydrogens is 332 g/mol. The first-order chi connectivity index (χ1) is 12.7. The van der Waals surface area contributed by atoms with E-state index in [1.807, 2.05) is 37.3 Å². The van der Waals surface area contributed by atoms with Crippen molar-refractivity contribution in [2.45, 2.75) is 6.92 Å². The van der Waals surface area contributed by atoms with Crippen molar-refractivity contribution in [3.63, 3.8) is 0 Å². The van der Waals surface area contributed by atoms with Gasteiger partial charge in [-0.15, -0.1) is 0 Å². The molecule has 2 aromatic heterocycles. The summed E-state index contributed by atoms with van der Waals surface area (Å²) in [5.41, 5.74) is 4.05. The minimum atomic E-state index is -0.277. The second kappa shape index (κ2) is 6.51. The third kappa shape index (κ3) is 2.88. The van der Waals surface area contributed by atoms with E-state index in [4.69, 9.17) is 9.47 Å². The van der Waals surface area contributed by atoms with E-state index in [0.29, 0.717) is 30.4 Å². The van der Waals surface area contributed by atoms with Gasteiger partial charge in [0, 0.05) is 30.1 Å². The third-order valence-electron chi connectivity index (χ3n) is 4.15. The van der Waals surface area contributed by atoms with Crippen LogP contribution in [0.2, 0.25) is 0 Å². The Kier molecular flexibility index (Phi) is 4.04. The SMILES string of the molecule is CNC(=O)c1nc(-c2ccc3c(c2)OCCO3)c(-c2ccnc(C)c2)[nH]1. The van der Waals surface area contributed by atoms with Crippen LogP contribution in [0, 0.1) is 6.92 Å². The van der Waals surface area contributed by atoms with Crippen LogP contribution >= 0.6 is 0 Å². The van der Waals surface area contributed by atoms with Crippen molar-refractivity contribution in [1.82, 2.24) is 20.3 Å². The molecule has 132 valence electrons. The van der Waals surface area contributed by atoms with Crippen LogP contribution in [0.3, 0.4) is 0 Å². The number of fused-ring (bicyclic) bond motifs is 1. The van der Waals surface area contributed by atoms with E-state index < -0.39 is 0 Å². The van der Waals surface area contributed by atoms with Gasteiger partial charge < -0.3 is 19.8 Å². The number of pyridine rings is 1. The average Bonchev–Trinajstić information content (AvgIpc) is 3.12. The van der Waals surface area contributed by atoms with Gasteiger partial charge in [-0.1, -0.05) is 0 Å². The van der Waals surface area contributed by atoms with Crippen LogP contribution in [0.4, 0.5) is 0 Å². The number of nitrogens with zero attached hydrogens (tertiary/aromatic N) is 2. The Bertz CT molecular complexity index is 981. The van der Waals surface area contributed by atoms with E-state index in [1.165, 1.54) is 0 Å². The number of aromatic amines is 1. The second-order valence-corrected chi connectivity index (χ2v) is 5.93. The molecule has 0 spiro atoms. The van der Waals surface area contributed by atoms with Crippen molar-refractivity contribution in [3.8, 4) is 34.0 Å². The first-order valence-corrected chi connectivity index (χ1v) is 8.31. The Morgan fingerprint density at radius 2 is 1.92 bits per heavy atom.